The van der Waals surface area contributed by atoms with Crippen LogP contribution in [0.5, 0.6) is 0 Å². The molecule has 6 heteroatoms. The van der Waals surface area contributed by atoms with Gasteiger partial charge in [-0.1, -0.05) is 17.7 Å². The van der Waals surface area contributed by atoms with Crippen LogP contribution in [0.3, 0.4) is 0 Å². The van der Waals surface area contributed by atoms with Gasteiger partial charge in [-0.3, -0.25) is 0 Å². The van der Waals surface area contributed by atoms with E-state index in [1.165, 1.54) is 0 Å². The number of nitrogens with one attached hydrogen (secondary N) is 1. The number of halogens is 1. The smallest absolute Gasteiger partial charge is 0.316 e. The lowest BCUT2D eigenvalue weighted by atomic mass is 10.3. The zero-order valence-electron chi connectivity index (χ0n) is 13.0. The minimum absolute atomic E-state index is 0.0919. The second-order valence-electron chi connectivity index (χ2n) is 5.97. The van der Waals surface area contributed by atoms with Crippen LogP contribution in [-0.4, -0.2) is 26.4 Å². The lowest BCUT2D eigenvalue weighted by Gasteiger charge is -2.22. The van der Waals surface area contributed by atoms with Crippen molar-refractivity contribution in [2.45, 2.75) is 25.4 Å². The van der Waals surface area contributed by atoms with Crippen LogP contribution in [0.1, 0.15) is 18.5 Å². The predicted molar refractivity (Wildman–Crippen MR) is 94.2 cm³/mol. The van der Waals surface area contributed by atoms with Crippen LogP contribution >= 0.6 is 11.6 Å². The normalized spacial score (nSPS) is 13.9. The number of hydrogen-bond acceptors (Lipinski definition) is 2. The topological polar surface area (TPSA) is 49.6 Å². The molecule has 0 saturated heterocycles. The number of aromatic nitrogens is 2. The van der Waals surface area contributed by atoms with Gasteiger partial charge >= 0.3 is 6.03 Å². The minimum atomic E-state index is -0.0919. The quantitative estimate of drug-likeness (QED) is 0.774. The molecule has 0 aliphatic heterocycles. The van der Waals surface area contributed by atoms with Crippen molar-refractivity contribution < 1.29 is 4.79 Å². The maximum atomic E-state index is 12.7. The van der Waals surface area contributed by atoms with Gasteiger partial charge in [-0.2, -0.15) is 0 Å². The first kappa shape index (κ1) is 15.0. The van der Waals surface area contributed by atoms with E-state index in [1.807, 2.05) is 39.9 Å². The van der Waals surface area contributed by atoms with E-state index in [2.05, 4.69) is 10.3 Å². The van der Waals surface area contributed by atoms with Crippen LogP contribution < -0.4 is 5.32 Å². The lowest BCUT2D eigenvalue weighted by Crippen LogP contribution is -2.36. The van der Waals surface area contributed by atoms with E-state index >= 15 is 0 Å². The van der Waals surface area contributed by atoms with Crippen molar-refractivity contribution in [2.24, 2.45) is 0 Å². The zero-order valence-corrected chi connectivity index (χ0v) is 13.8. The summed E-state index contributed by atoms with van der Waals surface area (Å²) >= 11 is 5.89. The fraction of sp³-hybridized carbons (Fsp3) is 0.222. The Kier molecular flexibility index (Phi) is 3.86. The summed E-state index contributed by atoms with van der Waals surface area (Å²) in [6.45, 7) is 0.537. The van der Waals surface area contributed by atoms with Crippen molar-refractivity contribution in [2.75, 3.05) is 5.32 Å². The maximum absolute atomic E-state index is 12.7. The van der Waals surface area contributed by atoms with Crippen LogP contribution in [0.25, 0.3) is 5.65 Å². The van der Waals surface area contributed by atoms with Crippen LogP contribution in [0, 0.1) is 0 Å². The Morgan fingerprint density at radius 2 is 2.04 bits per heavy atom. The van der Waals surface area contributed by atoms with Gasteiger partial charge in [0, 0.05) is 22.9 Å². The summed E-state index contributed by atoms with van der Waals surface area (Å²) in [6.07, 6.45) is 5.90. The number of urea groups is 1. The summed E-state index contributed by atoms with van der Waals surface area (Å²) in [5.74, 6) is 0. The summed E-state index contributed by atoms with van der Waals surface area (Å²) in [4.78, 5) is 19.0. The third-order valence-corrected chi connectivity index (χ3v) is 4.42. The minimum Gasteiger partial charge on any atom is -0.316 e. The second-order valence-corrected chi connectivity index (χ2v) is 6.41. The molecule has 24 heavy (non-hydrogen) atoms. The van der Waals surface area contributed by atoms with Crippen LogP contribution in [0.15, 0.2) is 54.9 Å². The summed E-state index contributed by atoms with van der Waals surface area (Å²) < 4.78 is 2.02. The lowest BCUT2D eigenvalue weighted by molar-refractivity contribution is 0.205. The number of amides is 2. The number of carbonyl (C=O) groups excluding carboxylic acids is 1. The highest BCUT2D eigenvalue weighted by atomic mass is 35.5. The summed E-state index contributed by atoms with van der Waals surface area (Å²) in [5, 5.41) is 3.60. The summed E-state index contributed by atoms with van der Waals surface area (Å²) in [6, 6.07) is 13.2. The number of carbonyl (C=O) groups is 1. The Labute approximate surface area is 144 Å². The standard InChI is InChI=1S/C18H17ClN4O/c19-13-4-6-14(7-5-13)21-18(24)23(15-8-9-15)12-16-11-20-17-3-1-2-10-22(16)17/h1-7,10-11,15H,8-9,12H2,(H,21,24). The van der Waals surface area contributed by atoms with E-state index < -0.39 is 0 Å². The molecular formula is C18H17ClN4O. The summed E-state index contributed by atoms with van der Waals surface area (Å²) in [5.41, 5.74) is 2.64. The van der Waals surface area contributed by atoms with Crippen LogP contribution in [-0.2, 0) is 6.54 Å². The van der Waals surface area contributed by atoms with Crippen LogP contribution in [0.2, 0.25) is 5.02 Å². The molecule has 3 aromatic rings. The number of nitrogens with zero attached hydrogens (tertiary/aromatic N) is 3. The van der Waals surface area contributed by atoms with Crippen molar-refractivity contribution in [3.63, 3.8) is 0 Å². The van der Waals surface area contributed by atoms with Gasteiger partial charge in [0.15, 0.2) is 0 Å². The molecule has 0 atom stereocenters. The van der Waals surface area contributed by atoms with Gasteiger partial charge in [0.25, 0.3) is 0 Å². The number of fused-ring (bicyclic) bond motifs is 1. The molecule has 1 fully saturated rings. The number of benzene rings is 1. The molecule has 2 aromatic heterocycles. The van der Waals surface area contributed by atoms with Gasteiger partial charge in [0.1, 0.15) is 5.65 Å². The highest BCUT2D eigenvalue weighted by Gasteiger charge is 2.33. The van der Waals surface area contributed by atoms with E-state index in [4.69, 9.17) is 11.6 Å². The monoisotopic (exact) mass is 340 g/mol. The molecule has 4 rings (SSSR count). The number of rotatable bonds is 4. The van der Waals surface area contributed by atoms with Crippen molar-refractivity contribution in [3.8, 4) is 0 Å². The molecule has 5 nitrogen and oxygen atoms in total. The number of hydrogen-bond donors (Lipinski definition) is 1. The molecule has 1 saturated carbocycles. The Morgan fingerprint density at radius 3 is 2.79 bits per heavy atom. The highest BCUT2D eigenvalue weighted by molar-refractivity contribution is 6.30. The van der Waals surface area contributed by atoms with E-state index in [1.54, 1.807) is 24.3 Å². The molecular weight excluding hydrogens is 324 g/mol. The average molecular weight is 341 g/mol. The van der Waals surface area contributed by atoms with Crippen molar-refractivity contribution in [1.82, 2.24) is 14.3 Å². The average Bonchev–Trinajstić information content (AvgIpc) is 3.35. The fourth-order valence-corrected chi connectivity index (χ4v) is 2.88. The number of imidazole rings is 1. The van der Waals surface area contributed by atoms with Crippen LogP contribution in [0.4, 0.5) is 10.5 Å². The molecule has 1 N–H and O–H groups in total. The molecule has 0 bridgehead atoms. The van der Waals surface area contributed by atoms with Crippen molar-refractivity contribution >= 4 is 29.0 Å². The van der Waals surface area contributed by atoms with E-state index in [-0.39, 0.29) is 6.03 Å². The molecule has 0 unspecified atom stereocenters. The van der Waals surface area contributed by atoms with Gasteiger partial charge in [-0.05, 0) is 49.2 Å². The Bertz CT molecular complexity index is 870. The molecule has 0 radical (unpaired) electrons. The SMILES string of the molecule is O=C(Nc1ccc(Cl)cc1)N(Cc1cnc2ccccn12)C1CC1. The maximum Gasteiger partial charge on any atom is 0.322 e. The largest absolute Gasteiger partial charge is 0.322 e. The molecule has 1 aliphatic rings. The Balaban J connectivity index is 1.54. The molecule has 2 heterocycles. The van der Waals surface area contributed by atoms with Gasteiger partial charge in [-0.15, -0.1) is 0 Å². The van der Waals surface area contributed by atoms with Gasteiger partial charge in [0.05, 0.1) is 18.4 Å². The molecule has 0 spiro atoms. The third kappa shape index (κ3) is 3.08. The van der Waals surface area contributed by atoms with Gasteiger partial charge < -0.3 is 14.6 Å². The first-order valence-electron chi connectivity index (χ1n) is 7.95. The highest BCUT2D eigenvalue weighted by Crippen LogP contribution is 2.29. The van der Waals surface area contributed by atoms with Gasteiger partial charge in [-0.25, -0.2) is 9.78 Å². The molecule has 1 aromatic carbocycles. The van der Waals surface area contributed by atoms with E-state index in [0.29, 0.717) is 17.6 Å². The van der Waals surface area contributed by atoms with E-state index in [9.17, 15) is 4.79 Å². The van der Waals surface area contributed by atoms with Crippen molar-refractivity contribution in [1.29, 1.82) is 0 Å². The first-order chi connectivity index (χ1) is 11.7. The fourth-order valence-electron chi connectivity index (χ4n) is 2.76. The van der Waals surface area contributed by atoms with Crippen molar-refractivity contribution in [3.05, 3.63) is 65.6 Å². The zero-order chi connectivity index (χ0) is 16.5. The Hall–Kier alpha value is -2.53. The molecule has 1 aliphatic carbocycles. The van der Waals surface area contributed by atoms with E-state index in [0.717, 1.165) is 29.9 Å². The number of pyridine rings is 1. The summed E-state index contributed by atoms with van der Waals surface area (Å²) in [7, 11) is 0. The second kappa shape index (κ2) is 6.17. The first-order valence-corrected chi connectivity index (χ1v) is 8.33. The number of anilines is 1. The predicted octanol–water partition coefficient (Wildman–Crippen LogP) is 4.18. The van der Waals surface area contributed by atoms with Gasteiger partial charge in [0.2, 0.25) is 0 Å². The molecule has 2 amide bonds. The Morgan fingerprint density at radius 1 is 1.25 bits per heavy atom. The molecule has 122 valence electrons. The third-order valence-electron chi connectivity index (χ3n) is 4.17.